The highest BCUT2D eigenvalue weighted by Gasteiger charge is 1.77. The Morgan fingerprint density at radius 2 is 2.20 bits per heavy atom. The van der Waals surface area contributed by atoms with Gasteiger partial charge in [-0.1, -0.05) is 12.6 Å². The summed E-state index contributed by atoms with van der Waals surface area (Å²) in [5, 5.41) is 8.00. The summed E-state index contributed by atoms with van der Waals surface area (Å²) in [6.07, 6.45) is 3.47. The van der Waals surface area contributed by atoms with E-state index in [9.17, 15) is 0 Å². The van der Waals surface area contributed by atoms with Crippen molar-refractivity contribution in [3.05, 3.63) is 41.9 Å². The Hall–Kier alpha value is -1.19. The van der Waals surface area contributed by atoms with Crippen molar-refractivity contribution in [3.63, 3.8) is 0 Å². The average molecular weight is 138 g/mol. The minimum atomic E-state index is 0.924. The molecule has 0 aliphatic rings. The van der Waals surface area contributed by atoms with Crippen LogP contribution in [0.25, 0.3) is 6.08 Å². The smallest absolute Gasteiger partial charge is 0.0623 e. The highest BCUT2D eigenvalue weighted by molar-refractivity contribution is 5.40. The minimum Gasteiger partial charge on any atom is -0.637 e. The molecule has 0 radical (unpaired) electrons. The standard InChI is InChI=1S/C7H7N.H3NO/c1-2-7-5-3-4-6-8-7;1-2/h2-6H,1H2;1H3. The van der Waals surface area contributed by atoms with Crippen LogP contribution in [0.2, 0.25) is 0 Å². The Bertz CT molecular complexity index is 174. The molecule has 0 atom stereocenters. The lowest BCUT2D eigenvalue weighted by atomic mass is 10.4. The fraction of sp³-hybridized carbons (Fsp3) is 0. The quantitative estimate of drug-likeness (QED) is 0.572. The summed E-state index contributed by atoms with van der Waals surface area (Å²) >= 11 is 0. The molecule has 0 saturated heterocycles. The summed E-state index contributed by atoms with van der Waals surface area (Å²) in [5.41, 5.74) is 0.924. The molecule has 1 aromatic rings. The van der Waals surface area contributed by atoms with Gasteiger partial charge >= 0.3 is 0 Å². The first-order valence-corrected chi connectivity index (χ1v) is 2.76. The van der Waals surface area contributed by atoms with Crippen molar-refractivity contribution >= 4 is 6.08 Å². The minimum absolute atomic E-state index is 0.924. The van der Waals surface area contributed by atoms with Gasteiger partial charge in [-0.2, -0.15) is 0 Å². The van der Waals surface area contributed by atoms with Gasteiger partial charge in [0.15, 0.2) is 0 Å². The third kappa shape index (κ3) is 2.96. The van der Waals surface area contributed by atoms with E-state index in [1.54, 1.807) is 12.3 Å². The van der Waals surface area contributed by atoms with Crippen LogP contribution in [0.1, 0.15) is 5.69 Å². The van der Waals surface area contributed by atoms with E-state index in [1.165, 1.54) is 0 Å². The second-order valence-electron chi connectivity index (χ2n) is 1.46. The SMILES string of the molecule is C=Cc1ccccn1.[NH3+][O-]. The Balaban J connectivity index is 0.000000371. The molecule has 54 valence electrons. The molecule has 0 aromatic carbocycles. The fourth-order valence-electron chi connectivity index (χ4n) is 0.497. The zero-order valence-electron chi connectivity index (χ0n) is 5.66. The van der Waals surface area contributed by atoms with Gasteiger partial charge in [0.2, 0.25) is 0 Å². The predicted molar refractivity (Wildman–Crippen MR) is 40.6 cm³/mol. The molecule has 0 fully saturated rings. The van der Waals surface area contributed by atoms with Crippen LogP contribution >= 0.6 is 0 Å². The van der Waals surface area contributed by atoms with Gasteiger partial charge in [-0.15, -0.1) is 0 Å². The number of hydrogen-bond donors (Lipinski definition) is 1. The van der Waals surface area contributed by atoms with Crippen LogP contribution < -0.4 is 5.90 Å². The monoisotopic (exact) mass is 138 g/mol. The van der Waals surface area contributed by atoms with Gasteiger partial charge in [0.25, 0.3) is 0 Å². The zero-order valence-corrected chi connectivity index (χ0v) is 5.66. The first-order chi connectivity index (χ1) is 4.93. The van der Waals surface area contributed by atoms with Crippen molar-refractivity contribution in [1.82, 2.24) is 4.98 Å². The molecule has 1 heterocycles. The fourth-order valence-corrected chi connectivity index (χ4v) is 0.497. The summed E-state index contributed by atoms with van der Waals surface area (Å²) in [7, 11) is 0. The molecule has 0 bridgehead atoms. The normalized spacial score (nSPS) is 7.40. The highest BCUT2D eigenvalue weighted by Crippen LogP contribution is 1.91. The van der Waals surface area contributed by atoms with E-state index in [2.05, 4.69) is 11.6 Å². The third-order valence-electron chi connectivity index (χ3n) is 0.897. The third-order valence-corrected chi connectivity index (χ3v) is 0.897. The Morgan fingerprint density at radius 1 is 1.50 bits per heavy atom. The van der Waals surface area contributed by atoms with E-state index in [1.807, 2.05) is 24.1 Å². The van der Waals surface area contributed by atoms with Crippen LogP contribution in [0, 0.1) is 5.21 Å². The van der Waals surface area contributed by atoms with E-state index in [0.29, 0.717) is 0 Å². The second kappa shape index (κ2) is 5.94. The van der Waals surface area contributed by atoms with E-state index < -0.39 is 0 Å². The maximum atomic E-state index is 8.00. The number of aromatic nitrogens is 1. The second-order valence-corrected chi connectivity index (χ2v) is 1.46. The molecule has 3 heteroatoms. The summed E-state index contributed by atoms with van der Waals surface area (Å²) < 4.78 is 0. The first kappa shape index (κ1) is 8.81. The maximum absolute atomic E-state index is 8.00. The maximum Gasteiger partial charge on any atom is 0.0623 e. The van der Waals surface area contributed by atoms with Crippen molar-refractivity contribution in [1.29, 1.82) is 0 Å². The number of nitrogens with zero attached hydrogens (tertiary/aromatic N) is 1. The van der Waals surface area contributed by atoms with E-state index in [-0.39, 0.29) is 0 Å². The van der Waals surface area contributed by atoms with Crippen LogP contribution in [-0.2, 0) is 0 Å². The summed E-state index contributed by atoms with van der Waals surface area (Å²) in [6.45, 7) is 3.57. The van der Waals surface area contributed by atoms with Gasteiger partial charge < -0.3 is 11.1 Å². The van der Waals surface area contributed by atoms with Gasteiger partial charge in [0.05, 0.1) is 5.69 Å². The van der Waals surface area contributed by atoms with E-state index >= 15 is 0 Å². The summed E-state index contributed by atoms with van der Waals surface area (Å²) in [4.78, 5) is 3.98. The number of pyridine rings is 1. The largest absolute Gasteiger partial charge is 0.637 e. The van der Waals surface area contributed by atoms with Gasteiger partial charge in [-0.25, -0.2) is 0 Å². The lowest BCUT2D eigenvalue weighted by molar-refractivity contribution is -0.275. The van der Waals surface area contributed by atoms with Crippen molar-refractivity contribution in [3.8, 4) is 0 Å². The molecule has 0 aliphatic heterocycles. The van der Waals surface area contributed by atoms with Crippen LogP contribution in [0.15, 0.2) is 31.0 Å². The van der Waals surface area contributed by atoms with Crippen LogP contribution in [0.5, 0.6) is 0 Å². The average Bonchev–Trinajstić information content (AvgIpc) is 2.10. The molecule has 1 aromatic heterocycles. The van der Waals surface area contributed by atoms with Crippen LogP contribution in [0.3, 0.4) is 0 Å². The molecule has 3 nitrogen and oxygen atoms in total. The number of hydrogen-bond acceptors (Lipinski definition) is 2. The van der Waals surface area contributed by atoms with Crippen molar-refractivity contribution < 1.29 is 5.90 Å². The molecule has 10 heavy (non-hydrogen) atoms. The van der Waals surface area contributed by atoms with Gasteiger partial charge in [0.1, 0.15) is 0 Å². The van der Waals surface area contributed by atoms with Gasteiger partial charge in [-0.3, -0.25) is 4.98 Å². The Morgan fingerprint density at radius 3 is 2.50 bits per heavy atom. The van der Waals surface area contributed by atoms with Crippen LogP contribution in [-0.4, -0.2) is 4.98 Å². The predicted octanol–water partition coefficient (Wildman–Crippen LogP) is 0.451. The lowest BCUT2D eigenvalue weighted by Crippen LogP contribution is -2.37. The number of quaternary nitrogens is 1. The Labute approximate surface area is 59.8 Å². The molecule has 0 saturated carbocycles. The zero-order chi connectivity index (χ0) is 7.82. The van der Waals surface area contributed by atoms with Crippen molar-refractivity contribution in [2.75, 3.05) is 0 Å². The Kier molecular flexibility index (Phi) is 5.23. The molecule has 3 N–H and O–H groups in total. The van der Waals surface area contributed by atoms with E-state index in [4.69, 9.17) is 5.21 Å². The van der Waals surface area contributed by atoms with Gasteiger partial charge in [0, 0.05) is 6.20 Å². The van der Waals surface area contributed by atoms with Crippen molar-refractivity contribution in [2.24, 2.45) is 0 Å². The van der Waals surface area contributed by atoms with Crippen molar-refractivity contribution in [2.45, 2.75) is 0 Å². The van der Waals surface area contributed by atoms with E-state index in [0.717, 1.165) is 5.69 Å². The highest BCUT2D eigenvalue weighted by atomic mass is 16.4. The molecule has 0 amide bonds. The lowest BCUT2D eigenvalue weighted by Gasteiger charge is -1.84. The summed E-state index contributed by atoms with van der Waals surface area (Å²) in [6, 6.07) is 5.73. The summed E-state index contributed by atoms with van der Waals surface area (Å²) in [5.74, 6) is 2.00. The molecular weight excluding hydrogens is 128 g/mol. The van der Waals surface area contributed by atoms with Gasteiger partial charge in [-0.05, 0) is 18.2 Å². The molecule has 0 unspecified atom stereocenters. The van der Waals surface area contributed by atoms with Crippen LogP contribution in [0.4, 0.5) is 0 Å². The molecule has 0 aliphatic carbocycles. The topological polar surface area (TPSA) is 63.6 Å². The first-order valence-electron chi connectivity index (χ1n) is 2.76. The molecule has 1 rings (SSSR count). The molecular formula is C7H10N2O. The molecule has 0 spiro atoms. The number of rotatable bonds is 1.